The van der Waals surface area contributed by atoms with E-state index in [1.54, 1.807) is 18.2 Å². The predicted octanol–water partition coefficient (Wildman–Crippen LogP) is 4.89. The third-order valence-electron chi connectivity index (χ3n) is 5.43. The minimum absolute atomic E-state index is 0.0634. The number of thiazole rings is 1. The number of fused-ring (bicyclic) bond motifs is 1. The molecule has 6 nitrogen and oxygen atoms in total. The van der Waals surface area contributed by atoms with Gasteiger partial charge in [-0.1, -0.05) is 50.2 Å². The Labute approximate surface area is 186 Å². The van der Waals surface area contributed by atoms with Crippen molar-refractivity contribution in [2.45, 2.75) is 43.6 Å². The van der Waals surface area contributed by atoms with Crippen LogP contribution in [0.5, 0.6) is 5.75 Å². The van der Waals surface area contributed by atoms with Crippen molar-refractivity contribution in [3.8, 4) is 17.0 Å². The van der Waals surface area contributed by atoms with Gasteiger partial charge in [0.1, 0.15) is 16.7 Å². The largest absolute Gasteiger partial charge is 0.487 e. The highest BCUT2D eigenvalue weighted by Crippen LogP contribution is 2.32. The Hall–Kier alpha value is -2.71. The number of nitrogens with zero attached hydrogens (tertiary/aromatic N) is 1. The van der Waals surface area contributed by atoms with Gasteiger partial charge < -0.3 is 10.1 Å². The lowest BCUT2D eigenvalue weighted by Gasteiger charge is -2.25. The second kappa shape index (κ2) is 8.80. The molecule has 1 aliphatic heterocycles. The topological polar surface area (TPSA) is 85.4 Å². The number of anilines is 1. The maximum Gasteiger partial charge on any atom is 0.229 e. The summed E-state index contributed by atoms with van der Waals surface area (Å²) >= 11 is 1.34. The van der Waals surface area contributed by atoms with Crippen molar-refractivity contribution in [2.75, 3.05) is 11.1 Å². The Balaban J connectivity index is 1.40. The number of nitrogens with one attached hydrogen (secondary N) is 1. The Morgan fingerprint density at radius 2 is 1.97 bits per heavy atom. The lowest BCUT2D eigenvalue weighted by molar-refractivity contribution is -0.117. The van der Waals surface area contributed by atoms with Crippen LogP contribution in [0.25, 0.3) is 11.3 Å². The van der Waals surface area contributed by atoms with Gasteiger partial charge in [-0.05, 0) is 30.0 Å². The van der Waals surface area contributed by atoms with Gasteiger partial charge in [0.15, 0.2) is 15.0 Å². The maximum absolute atomic E-state index is 12.5. The van der Waals surface area contributed by atoms with Crippen molar-refractivity contribution >= 4 is 32.2 Å². The number of carbonyl (C=O) groups excluding carboxylic acids is 1. The number of benzene rings is 2. The van der Waals surface area contributed by atoms with E-state index in [0.717, 1.165) is 17.7 Å². The standard InChI is InChI=1S/C23H24N2O4S2/c1-3-15(2)16-8-10-17(11-9-16)19-13-30-23(24-19)25-22(26)12-18-14-31(27,28)21-7-5-4-6-20(21)29-18/h4-11,13,15,18H,3,12,14H2,1-2H3,(H,24,25,26). The van der Waals surface area contributed by atoms with Gasteiger partial charge in [-0.2, -0.15) is 0 Å². The molecule has 0 spiro atoms. The molecule has 2 aromatic carbocycles. The molecule has 4 rings (SSSR count). The van der Waals surface area contributed by atoms with Gasteiger partial charge in [0, 0.05) is 10.9 Å². The molecule has 2 unspecified atom stereocenters. The molecule has 0 saturated heterocycles. The van der Waals surface area contributed by atoms with E-state index >= 15 is 0 Å². The van der Waals surface area contributed by atoms with Gasteiger partial charge in [0.2, 0.25) is 5.91 Å². The molecule has 0 aliphatic carbocycles. The van der Waals surface area contributed by atoms with Gasteiger partial charge in [0.05, 0.1) is 17.9 Å². The van der Waals surface area contributed by atoms with E-state index in [9.17, 15) is 13.2 Å². The fourth-order valence-electron chi connectivity index (χ4n) is 3.51. The molecule has 2 heterocycles. The second-order valence-corrected chi connectivity index (χ2v) is 10.6. The number of aromatic nitrogens is 1. The Kier molecular flexibility index (Phi) is 6.11. The molecule has 1 amide bonds. The molecule has 1 aromatic heterocycles. The monoisotopic (exact) mass is 456 g/mol. The van der Waals surface area contributed by atoms with Gasteiger partial charge in [0.25, 0.3) is 0 Å². The first kappa shape index (κ1) is 21.5. The van der Waals surface area contributed by atoms with Crippen LogP contribution in [-0.4, -0.2) is 31.2 Å². The number of carbonyl (C=O) groups is 1. The molecule has 1 N–H and O–H groups in total. The van der Waals surface area contributed by atoms with Crippen molar-refractivity contribution in [1.29, 1.82) is 0 Å². The summed E-state index contributed by atoms with van der Waals surface area (Å²) < 4.78 is 30.6. The predicted molar refractivity (Wildman–Crippen MR) is 122 cm³/mol. The summed E-state index contributed by atoms with van der Waals surface area (Å²) in [7, 11) is -3.47. The Morgan fingerprint density at radius 3 is 2.71 bits per heavy atom. The smallest absolute Gasteiger partial charge is 0.229 e. The number of hydrogen-bond donors (Lipinski definition) is 1. The van der Waals surface area contributed by atoms with E-state index < -0.39 is 15.9 Å². The van der Waals surface area contributed by atoms with Crippen LogP contribution in [0.2, 0.25) is 0 Å². The summed E-state index contributed by atoms with van der Waals surface area (Å²) in [5.41, 5.74) is 3.07. The molecule has 1 aliphatic rings. The zero-order valence-corrected chi connectivity index (χ0v) is 19.0. The number of hydrogen-bond acceptors (Lipinski definition) is 6. The molecular formula is C23H24N2O4S2. The van der Waals surface area contributed by atoms with Crippen molar-refractivity contribution in [1.82, 2.24) is 4.98 Å². The number of amides is 1. The molecule has 0 radical (unpaired) electrons. The average Bonchev–Trinajstić information content (AvgIpc) is 3.21. The molecule has 0 fully saturated rings. The summed E-state index contributed by atoms with van der Waals surface area (Å²) in [5.74, 6) is 0.261. The van der Waals surface area contributed by atoms with Crippen LogP contribution in [0.1, 0.15) is 38.2 Å². The Bertz CT molecular complexity index is 1190. The normalized spacial score (nSPS) is 17.9. The summed E-state index contributed by atoms with van der Waals surface area (Å²) in [6, 6.07) is 14.8. The van der Waals surface area contributed by atoms with Crippen molar-refractivity contribution < 1.29 is 17.9 Å². The van der Waals surface area contributed by atoms with Crippen LogP contribution in [-0.2, 0) is 14.6 Å². The number of rotatable bonds is 6. The summed E-state index contributed by atoms with van der Waals surface area (Å²) in [6.07, 6.45) is 0.294. The molecule has 2 atom stereocenters. The van der Waals surface area contributed by atoms with E-state index in [-0.39, 0.29) is 23.0 Å². The SMILES string of the molecule is CCC(C)c1ccc(-c2csc(NC(=O)CC3CS(=O)(=O)c4ccccc4O3)n2)cc1. The highest BCUT2D eigenvalue weighted by molar-refractivity contribution is 7.91. The number of para-hydroxylation sites is 1. The number of sulfone groups is 1. The molecule has 31 heavy (non-hydrogen) atoms. The third kappa shape index (κ3) is 4.80. The van der Waals surface area contributed by atoms with E-state index in [0.29, 0.717) is 16.8 Å². The fourth-order valence-corrected chi connectivity index (χ4v) is 5.81. The first-order chi connectivity index (χ1) is 14.9. The zero-order valence-electron chi connectivity index (χ0n) is 17.4. The van der Waals surface area contributed by atoms with Crippen molar-refractivity contribution in [3.63, 3.8) is 0 Å². The quantitative estimate of drug-likeness (QED) is 0.571. The highest BCUT2D eigenvalue weighted by atomic mass is 32.2. The van der Waals surface area contributed by atoms with Crippen LogP contribution in [0.15, 0.2) is 58.8 Å². The first-order valence-corrected chi connectivity index (χ1v) is 12.7. The lowest BCUT2D eigenvalue weighted by Crippen LogP contribution is -2.35. The zero-order chi connectivity index (χ0) is 22.0. The van der Waals surface area contributed by atoms with Gasteiger partial charge in [-0.25, -0.2) is 13.4 Å². The first-order valence-electron chi connectivity index (χ1n) is 10.2. The Morgan fingerprint density at radius 1 is 1.23 bits per heavy atom. The number of ether oxygens (including phenoxy) is 1. The minimum Gasteiger partial charge on any atom is -0.487 e. The van der Waals surface area contributed by atoms with Gasteiger partial charge in [-0.3, -0.25) is 4.79 Å². The van der Waals surface area contributed by atoms with Crippen LogP contribution in [0.4, 0.5) is 5.13 Å². The van der Waals surface area contributed by atoms with E-state index in [1.165, 1.54) is 23.0 Å². The molecular weight excluding hydrogens is 432 g/mol. The summed E-state index contributed by atoms with van der Waals surface area (Å²) in [6.45, 7) is 4.37. The molecule has 0 bridgehead atoms. The highest BCUT2D eigenvalue weighted by Gasteiger charge is 2.32. The van der Waals surface area contributed by atoms with E-state index in [2.05, 4.69) is 36.3 Å². The average molecular weight is 457 g/mol. The molecule has 162 valence electrons. The fraction of sp³-hybridized carbons (Fsp3) is 0.304. The van der Waals surface area contributed by atoms with Crippen LogP contribution in [0.3, 0.4) is 0 Å². The van der Waals surface area contributed by atoms with E-state index in [1.807, 2.05) is 17.5 Å². The van der Waals surface area contributed by atoms with Crippen molar-refractivity contribution in [3.05, 3.63) is 59.5 Å². The molecule has 0 saturated carbocycles. The molecule has 3 aromatic rings. The summed E-state index contributed by atoms with van der Waals surface area (Å²) in [5, 5.41) is 5.13. The minimum atomic E-state index is -3.47. The summed E-state index contributed by atoms with van der Waals surface area (Å²) in [4.78, 5) is 17.2. The second-order valence-electron chi connectivity index (χ2n) is 7.69. The molecule has 8 heteroatoms. The van der Waals surface area contributed by atoms with Gasteiger partial charge in [-0.15, -0.1) is 11.3 Å². The third-order valence-corrected chi connectivity index (χ3v) is 8.01. The van der Waals surface area contributed by atoms with Crippen LogP contribution < -0.4 is 10.1 Å². The van der Waals surface area contributed by atoms with Crippen molar-refractivity contribution in [2.24, 2.45) is 0 Å². The van der Waals surface area contributed by atoms with Gasteiger partial charge >= 0.3 is 0 Å². The van der Waals surface area contributed by atoms with Crippen LogP contribution in [0, 0.1) is 0 Å². The van der Waals surface area contributed by atoms with Crippen LogP contribution >= 0.6 is 11.3 Å². The lowest BCUT2D eigenvalue weighted by atomic mass is 9.97. The maximum atomic E-state index is 12.5. The van der Waals surface area contributed by atoms with E-state index in [4.69, 9.17) is 4.74 Å².